The number of nitrogens with zero attached hydrogens (tertiary/aromatic N) is 4. The van der Waals surface area contributed by atoms with E-state index >= 15 is 0 Å². The number of carbonyl (C=O) groups is 1. The summed E-state index contributed by atoms with van der Waals surface area (Å²) < 4.78 is 6.72. The van der Waals surface area contributed by atoms with Gasteiger partial charge in [0.15, 0.2) is 0 Å². The van der Waals surface area contributed by atoms with Crippen LogP contribution in [0, 0.1) is 0 Å². The molecular weight excluding hydrogens is 428 g/mol. The van der Waals surface area contributed by atoms with Crippen LogP contribution >= 0.6 is 0 Å². The van der Waals surface area contributed by atoms with E-state index in [0.29, 0.717) is 24.3 Å². The van der Waals surface area contributed by atoms with Gasteiger partial charge in [-0.25, -0.2) is 4.79 Å². The molecule has 4 aromatic rings. The topological polar surface area (TPSA) is 67.7 Å². The van der Waals surface area contributed by atoms with Gasteiger partial charge in [0, 0.05) is 42.8 Å². The van der Waals surface area contributed by atoms with Gasteiger partial charge in [0.1, 0.15) is 12.3 Å². The van der Waals surface area contributed by atoms with E-state index in [9.17, 15) is 9.59 Å². The van der Waals surface area contributed by atoms with E-state index < -0.39 is 5.69 Å². The van der Waals surface area contributed by atoms with Crippen molar-refractivity contribution in [3.63, 3.8) is 0 Å². The van der Waals surface area contributed by atoms with Crippen molar-refractivity contribution in [1.29, 1.82) is 0 Å². The van der Waals surface area contributed by atoms with Crippen LogP contribution in [0.5, 0.6) is 5.75 Å². The lowest BCUT2D eigenvalue weighted by atomic mass is 10.1. The van der Waals surface area contributed by atoms with Gasteiger partial charge in [-0.1, -0.05) is 48.5 Å². The summed E-state index contributed by atoms with van der Waals surface area (Å²) in [5.74, 6) is 0.748. The summed E-state index contributed by atoms with van der Waals surface area (Å²) >= 11 is 0. The molecule has 0 N–H and O–H groups in total. The number of carbonyl (C=O) groups excluding carboxylic acids is 1. The Morgan fingerprint density at radius 1 is 0.882 bits per heavy atom. The molecule has 1 aliphatic heterocycles. The zero-order valence-corrected chi connectivity index (χ0v) is 19.1. The second-order valence-electron chi connectivity index (χ2n) is 8.28. The number of ether oxygens (including phenoxy) is 1. The molecule has 1 aliphatic rings. The molecule has 1 amide bonds. The first kappa shape index (κ1) is 21.7. The van der Waals surface area contributed by atoms with E-state index in [-0.39, 0.29) is 12.5 Å². The van der Waals surface area contributed by atoms with Crippen LogP contribution in [0.1, 0.15) is 0 Å². The maximum Gasteiger partial charge on any atom is 0.349 e. The van der Waals surface area contributed by atoms with Crippen LogP contribution in [0.4, 0.5) is 5.69 Å². The molecule has 1 aromatic heterocycles. The zero-order valence-electron chi connectivity index (χ0n) is 19.1. The standard InChI is InChI=1S/C27H26N4O3/c1-34-22-13-11-21(12-14-22)29-15-17-30(18-16-29)25(32)19-31-24-10-6-5-9-23(24)26(28-27(31)33)20-7-3-2-4-8-20/h2-14H,15-19H2,1H3. The fourth-order valence-electron chi connectivity index (χ4n) is 4.44. The molecule has 34 heavy (non-hydrogen) atoms. The number of piperazine rings is 1. The van der Waals surface area contributed by atoms with Gasteiger partial charge in [-0.05, 0) is 30.3 Å². The number of aromatic nitrogens is 2. The molecule has 172 valence electrons. The molecule has 0 unspecified atom stereocenters. The lowest BCUT2D eigenvalue weighted by Crippen LogP contribution is -2.50. The Morgan fingerprint density at radius 3 is 2.26 bits per heavy atom. The van der Waals surface area contributed by atoms with E-state index in [1.165, 1.54) is 4.57 Å². The molecule has 0 radical (unpaired) electrons. The second-order valence-corrected chi connectivity index (χ2v) is 8.28. The Labute approximate surface area is 197 Å². The first-order chi connectivity index (χ1) is 16.6. The average Bonchev–Trinajstić information content (AvgIpc) is 2.90. The van der Waals surface area contributed by atoms with Crippen LogP contribution in [0.15, 0.2) is 83.7 Å². The van der Waals surface area contributed by atoms with Gasteiger partial charge in [-0.15, -0.1) is 0 Å². The molecule has 0 spiro atoms. The second kappa shape index (κ2) is 9.39. The normalized spacial score (nSPS) is 13.8. The molecular formula is C27H26N4O3. The fourth-order valence-corrected chi connectivity index (χ4v) is 4.44. The number of hydrogen-bond acceptors (Lipinski definition) is 5. The van der Waals surface area contributed by atoms with Crippen molar-refractivity contribution in [2.45, 2.75) is 6.54 Å². The van der Waals surface area contributed by atoms with Crippen molar-refractivity contribution < 1.29 is 9.53 Å². The smallest absolute Gasteiger partial charge is 0.349 e. The van der Waals surface area contributed by atoms with Crippen LogP contribution in [0.3, 0.4) is 0 Å². The minimum atomic E-state index is -0.414. The number of benzene rings is 3. The summed E-state index contributed by atoms with van der Waals surface area (Å²) in [4.78, 5) is 34.6. The third-order valence-corrected chi connectivity index (χ3v) is 6.30. The molecule has 0 bridgehead atoms. The highest BCUT2D eigenvalue weighted by molar-refractivity contribution is 5.93. The third-order valence-electron chi connectivity index (χ3n) is 6.30. The molecule has 1 saturated heterocycles. The van der Waals surface area contributed by atoms with E-state index in [2.05, 4.69) is 9.88 Å². The maximum atomic E-state index is 13.1. The molecule has 1 fully saturated rings. The Kier molecular flexibility index (Phi) is 5.99. The molecule has 0 atom stereocenters. The first-order valence-corrected chi connectivity index (χ1v) is 11.4. The van der Waals surface area contributed by atoms with Crippen molar-refractivity contribution >= 4 is 22.5 Å². The summed E-state index contributed by atoms with van der Waals surface area (Å²) in [5, 5.41) is 0.852. The Morgan fingerprint density at radius 2 is 1.56 bits per heavy atom. The van der Waals surface area contributed by atoms with Crippen LogP contribution < -0.4 is 15.3 Å². The Bertz CT molecular complexity index is 1360. The SMILES string of the molecule is COc1ccc(N2CCN(C(=O)Cn3c(=O)nc(-c4ccccc4)c4ccccc43)CC2)cc1. The summed E-state index contributed by atoms with van der Waals surface area (Å²) in [6.45, 7) is 2.65. The highest BCUT2D eigenvalue weighted by atomic mass is 16.5. The highest BCUT2D eigenvalue weighted by Gasteiger charge is 2.23. The van der Waals surface area contributed by atoms with Crippen LogP contribution in [-0.2, 0) is 11.3 Å². The summed E-state index contributed by atoms with van der Waals surface area (Å²) in [7, 11) is 1.65. The molecule has 0 aliphatic carbocycles. The number of methoxy groups -OCH3 is 1. The lowest BCUT2D eigenvalue weighted by molar-refractivity contribution is -0.132. The van der Waals surface area contributed by atoms with Crippen molar-refractivity contribution in [2.75, 3.05) is 38.2 Å². The first-order valence-electron chi connectivity index (χ1n) is 11.4. The van der Waals surface area contributed by atoms with Gasteiger partial charge in [0.05, 0.1) is 18.3 Å². The van der Waals surface area contributed by atoms with E-state index in [0.717, 1.165) is 35.5 Å². The van der Waals surface area contributed by atoms with Crippen molar-refractivity contribution in [2.24, 2.45) is 0 Å². The van der Waals surface area contributed by atoms with Gasteiger partial charge in [-0.3, -0.25) is 9.36 Å². The average molecular weight is 455 g/mol. The number of para-hydroxylation sites is 1. The lowest BCUT2D eigenvalue weighted by Gasteiger charge is -2.36. The maximum absolute atomic E-state index is 13.1. The summed E-state index contributed by atoms with van der Waals surface area (Å²) in [6.07, 6.45) is 0. The molecule has 7 nitrogen and oxygen atoms in total. The minimum absolute atomic E-state index is 0.0239. The quantitative estimate of drug-likeness (QED) is 0.462. The Balaban J connectivity index is 1.34. The third kappa shape index (κ3) is 4.24. The molecule has 5 rings (SSSR count). The van der Waals surface area contributed by atoms with E-state index in [1.54, 1.807) is 7.11 Å². The van der Waals surface area contributed by atoms with Gasteiger partial charge in [0.25, 0.3) is 0 Å². The molecule has 2 heterocycles. The van der Waals surface area contributed by atoms with Gasteiger partial charge in [0.2, 0.25) is 5.91 Å². The largest absolute Gasteiger partial charge is 0.497 e. The Hall–Kier alpha value is -4.13. The van der Waals surface area contributed by atoms with Crippen molar-refractivity contribution in [3.05, 3.63) is 89.3 Å². The summed E-state index contributed by atoms with van der Waals surface area (Å²) in [6, 6.07) is 25.2. The van der Waals surface area contributed by atoms with Gasteiger partial charge < -0.3 is 14.5 Å². The molecule has 3 aromatic carbocycles. The number of anilines is 1. The van der Waals surface area contributed by atoms with Crippen LogP contribution in [0.2, 0.25) is 0 Å². The molecule has 0 saturated carbocycles. The number of amides is 1. The van der Waals surface area contributed by atoms with E-state index in [1.807, 2.05) is 83.8 Å². The number of hydrogen-bond donors (Lipinski definition) is 0. The fraction of sp³-hybridized carbons (Fsp3) is 0.222. The highest BCUT2D eigenvalue weighted by Crippen LogP contribution is 2.25. The minimum Gasteiger partial charge on any atom is -0.497 e. The van der Waals surface area contributed by atoms with Crippen LogP contribution in [0.25, 0.3) is 22.2 Å². The van der Waals surface area contributed by atoms with Crippen molar-refractivity contribution in [3.8, 4) is 17.0 Å². The number of fused-ring (bicyclic) bond motifs is 1. The van der Waals surface area contributed by atoms with E-state index in [4.69, 9.17) is 4.74 Å². The predicted molar refractivity (Wildman–Crippen MR) is 133 cm³/mol. The van der Waals surface area contributed by atoms with Crippen molar-refractivity contribution in [1.82, 2.24) is 14.5 Å². The monoisotopic (exact) mass is 454 g/mol. The van der Waals surface area contributed by atoms with Crippen LogP contribution in [-0.4, -0.2) is 53.6 Å². The number of rotatable bonds is 5. The van der Waals surface area contributed by atoms with Gasteiger partial charge >= 0.3 is 5.69 Å². The molecule has 7 heteroatoms. The van der Waals surface area contributed by atoms with Gasteiger partial charge in [-0.2, -0.15) is 4.98 Å². The summed E-state index contributed by atoms with van der Waals surface area (Å²) in [5.41, 5.74) is 2.92. The predicted octanol–water partition coefficient (Wildman–Crippen LogP) is 3.42. The zero-order chi connectivity index (χ0) is 23.5.